The Morgan fingerprint density at radius 1 is 1.28 bits per heavy atom. The molecule has 0 aromatic heterocycles. The average molecular weight is 404 g/mol. The van der Waals surface area contributed by atoms with E-state index in [-0.39, 0.29) is 18.0 Å². The average Bonchev–Trinajstić information content (AvgIpc) is 3.08. The lowest BCUT2D eigenvalue weighted by molar-refractivity contribution is -0.149. The number of rotatable bonds is 6. The van der Waals surface area contributed by atoms with E-state index in [0.29, 0.717) is 19.8 Å². The summed E-state index contributed by atoms with van der Waals surface area (Å²) in [6.07, 6.45) is 2.69. The Balaban J connectivity index is 1.61. The molecule has 1 unspecified atom stereocenters. The molecule has 1 saturated heterocycles. The summed E-state index contributed by atoms with van der Waals surface area (Å²) >= 11 is 0. The summed E-state index contributed by atoms with van der Waals surface area (Å²) < 4.78 is 16.9. The van der Waals surface area contributed by atoms with Crippen LogP contribution in [0, 0.1) is 5.92 Å². The van der Waals surface area contributed by atoms with Crippen LogP contribution in [0.2, 0.25) is 0 Å². The fourth-order valence-corrected chi connectivity index (χ4v) is 4.00. The number of esters is 1. The third-order valence-electron chi connectivity index (χ3n) is 5.44. The molecule has 7 heteroatoms. The van der Waals surface area contributed by atoms with Crippen molar-refractivity contribution in [3.8, 4) is 11.5 Å². The molecule has 0 saturated carbocycles. The van der Waals surface area contributed by atoms with E-state index in [1.54, 1.807) is 7.05 Å². The number of guanidine groups is 1. The van der Waals surface area contributed by atoms with Crippen molar-refractivity contribution in [1.82, 2.24) is 10.2 Å². The molecule has 0 radical (unpaired) electrons. The molecule has 160 valence electrons. The second-order valence-electron chi connectivity index (χ2n) is 7.55. The summed E-state index contributed by atoms with van der Waals surface area (Å²) in [4.78, 5) is 18.6. The fourth-order valence-electron chi connectivity index (χ4n) is 4.00. The van der Waals surface area contributed by atoms with Crippen LogP contribution < -0.4 is 14.8 Å². The van der Waals surface area contributed by atoms with Crippen LogP contribution in [-0.4, -0.2) is 56.3 Å². The van der Waals surface area contributed by atoms with Crippen molar-refractivity contribution < 1.29 is 19.0 Å². The number of carbonyl (C=O) groups is 1. The minimum Gasteiger partial charge on any atom is -0.494 e. The number of hydrogen-bond acceptors (Lipinski definition) is 5. The molecule has 3 rings (SSSR count). The largest absolute Gasteiger partial charge is 0.494 e. The van der Waals surface area contributed by atoms with Crippen LogP contribution in [0.4, 0.5) is 0 Å². The monoisotopic (exact) mass is 403 g/mol. The van der Waals surface area contributed by atoms with E-state index in [0.717, 1.165) is 55.4 Å². The zero-order valence-electron chi connectivity index (χ0n) is 18.0. The standard InChI is InChI=1S/C22H33N3O4/c1-5-27-19-12-17-11-15(3)29-20(17)13-18(19)14-24-22(23-4)25-9-7-16(8-10-25)21(26)28-6-2/h12-13,15-16H,5-11,14H2,1-4H3,(H,23,24). The Bertz CT molecular complexity index is 742. The molecule has 0 amide bonds. The number of aliphatic imine (C=N–C) groups is 1. The van der Waals surface area contributed by atoms with E-state index in [1.165, 1.54) is 5.56 Å². The Labute approximate surface area is 173 Å². The second-order valence-corrected chi connectivity index (χ2v) is 7.55. The zero-order valence-corrected chi connectivity index (χ0v) is 18.0. The molecular weight excluding hydrogens is 370 g/mol. The minimum atomic E-state index is -0.0798. The quantitative estimate of drug-likeness (QED) is 0.447. The van der Waals surface area contributed by atoms with Gasteiger partial charge < -0.3 is 24.4 Å². The van der Waals surface area contributed by atoms with Crippen LogP contribution in [0.25, 0.3) is 0 Å². The number of piperidine rings is 1. The molecule has 1 fully saturated rings. The van der Waals surface area contributed by atoms with Gasteiger partial charge in [-0.1, -0.05) is 0 Å². The molecular formula is C22H33N3O4. The van der Waals surface area contributed by atoms with Crippen LogP contribution >= 0.6 is 0 Å². The third kappa shape index (κ3) is 5.14. The molecule has 1 N–H and O–H groups in total. The van der Waals surface area contributed by atoms with Gasteiger partial charge in [-0.05, 0) is 45.7 Å². The molecule has 0 spiro atoms. The van der Waals surface area contributed by atoms with Gasteiger partial charge in [-0.3, -0.25) is 9.79 Å². The van der Waals surface area contributed by atoms with Gasteiger partial charge in [0.15, 0.2) is 5.96 Å². The van der Waals surface area contributed by atoms with Gasteiger partial charge >= 0.3 is 5.97 Å². The number of likely N-dealkylation sites (tertiary alicyclic amines) is 1. The smallest absolute Gasteiger partial charge is 0.309 e. The predicted molar refractivity (Wildman–Crippen MR) is 113 cm³/mol. The number of nitrogens with zero attached hydrogens (tertiary/aromatic N) is 2. The van der Waals surface area contributed by atoms with Gasteiger partial charge in [0.2, 0.25) is 0 Å². The van der Waals surface area contributed by atoms with E-state index in [9.17, 15) is 4.79 Å². The van der Waals surface area contributed by atoms with E-state index in [1.807, 2.05) is 13.8 Å². The Morgan fingerprint density at radius 3 is 2.69 bits per heavy atom. The van der Waals surface area contributed by atoms with Crippen LogP contribution in [-0.2, 0) is 22.5 Å². The van der Waals surface area contributed by atoms with E-state index in [2.05, 4.69) is 34.3 Å². The normalized spacial score (nSPS) is 19.5. The molecule has 1 atom stereocenters. The third-order valence-corrected chi connectivity index (χ3v) is 5.44. The highest BCUT2D eigenvalue weighted by Gasteiger charge is 2.27. The van der Waals surface area contributed by atoms with Crippen molar-refractivity contribution >= 4 is 11.9 Å². The second kappa shape index (κ2) is 9.85. The molecule has 2 heterocycles. The number of nitrogens with one attached hydrogen (secondary N) is 1. The summed E-state index contributed by atoms with van der Waals surface area (Å²) in [5.41, 5.74) is 2.26. The highest BCUT2D eigenvalue weighted by molar-refractivity contribution is 5.80. The maximum absolute atomic E-state index is 12.0. The van der Waals surface area contributed by atoms with E-state index < -0.39 is 0 Å². The Kier molecular flexibility index (Phi) is 7.23. The van der Waals surface area contributed by atoms with Crippen molar-refractivity contribution in [2.75, 3.05) is 33.4 Å². The predicted octanol–water partition coefficient (Wildman–Crippen LogP) is 2.76. The molecule has 29 heavy (non-hydrogen) atoms. The van der Waals surface area contributed by atoms with Gasteiger partial charge in [-0.15, -0.1) is 0 Å². The zero-order chi connectivity index (χ0) is 20.8. The van der Waals surface area contributed by atoms with Gasteiger partial charge in [-0.2, -0.15) is 0 Å². The first-order valence-electron chi connectivity index (χ1n) is 10.6. The first-order chi connectivity index (χ1) is 14.0. The highest BCUT2D eigenvalue weighted by Crippen LogP contribution is 2.35. The number of carbonyl (C=O) groups excluding carboxylic acids is 1. The Morgan fingerprint density at radius 2 is 2.03 bits per heavy atom. The van der Waals surface area contributed by atoms with Crippen molar-refractivity contribution in [2.24, 2.45) is 10.9 Å². The van der Waals surface area contributed by atoms with Gasteiger partial charge in [0.1, 0.15) is 17.6 Å². The first kappa shape index (κ1) is 21.3. The number of fused-ring (bicyclic) bond motifs is 1. The molecule has 2 aliphatic rings. The summed E-state index contributed by atoms with van der Waals surface area (Å²) in [5, 5.41) is 3.45. The van der Waals surface area contributed by atoms with E-state index in [4.69, 9.17) is 14.2 Å². The minimum absolute atomic E-state index is 0.00953. The number of ether oxygens (including phenoxy) is 3. The lowest BCUT2D eigenvalue weighted by Gasteiger charge is -2.33. The summed E-state index contributed by atoms with van der Waals surface area (Å²) in [7, 11) is 1.79. The molecule has 0 aliphatic carbocycles. The fraction of sp³-hybridized carbons (Fsp3) is 0.636. The summed E-state index contributed by atoms with van der Waals surface area (Å²) in [5.74, 6) is 2.59. The molecule has 2 aliphatic heterocycles. The van der Waals surface area contributed by atoms with Gasteiger partial charge in [0, 0.05) is 44.2 Å². The van der Waals surface area contributed by atoms with Crippen LogP contribution in [0.5, 0.6) is 11.5 Å². The van der Waals surface area contributed by atoms with E-state index >= 15 is 0 Å². The summed E-state index contributed by atoms with van der Waals surface area (Å²) in [6, 6.07) is 4.18. The van der Waals surface area contributed by atoms with Gasteiger partial charge in [0.05, 0.1) is 19.1 Å². The first-order valence-corrected chi connectivity index (χ1v) is 10.6. The van der Waals surface area contributed by atoms with Crippen molar-refractivity contribution in [3.63, 3.8) is 0 Å². The molecule has 1 aromatic carbocycles. The highest BCUT2D eigenvalue weighted by atomic mass is 16.5. The van der Waals surface area contributed by atoms with Crippen molar-refractivity contribution in [3.05, 3.63) is 23.3 Å². The van der Waals surface area contributed by atoms with Crippen LogP contribution in [0.3, 0.4) is 0 Å². The lowest BCUT2D eigenvalue weighted by Crippen LogP contribution is -2.46. The maximum atomic E-state index is 12.0. The number of hydrogen-bond donors (Lipinski definition) is 1. The SMILES string of the molecule is CCOC(=O)C1CCN(C(=NC)NCc2cc3c(cc2OCC)CC(C)O3)CC1. The topological polar surface area (TPSA) is 72.4 Å². The molecule has 7 nitrogen and oxygen atoms in total. The van der Waals surface area contributed by atoms with Crippen LogP contribution in [0.1, 0.15) is 44.7 Å². The Hall–Kier alpha value is -2.44. The van der Waals surface area contributed by atoms with Crippen LogP contribution in [0.15, 0.2) is 17.1 Å². The summed E-state index contributed by atoms with van der Waals surface area (Å²) in [6.45, 7) is 9.16. The molecule has 0 bridgehead atoms. The van der Waals surface area contributed by atoms with Crippen molar-refractivity contribution in [1.29, 1.82) is 0 Å². The molecule has 1 aromatic rings. The maximum Gasteiger partial charge on any atom is 0.309 e. The van der Waals surface area contributed by atoms with Gasteiger partial charge in [0.25, 0.3) is 0 Å². The van der Waals surface area contributed by atoms with Gasteiger partial charge in [-0.25, -0.2) is 0 Å². The lowest BCUT2D eigenvalue weighted by atomic mass is 9.97. The van der Waals surface area contributed by atoms with Crippen molar-refractivity contribution in [2.45, 2.75) is 52.7 Å². The number of benzene rings is 1.